The van der Waals surface area contributed by atoms with E-state index in [1.807, 2.05) is 30.3 Å². The van der Waals surface area contributed by atoms with Gasteiger partial charge in [-0.1, -0.05) is 42.5 Å². The number of benzene rings is 2. The van der Waals surface area contributed by atoms with Gasteiger partial charge in [0.25, 0.3) is 0 Å². The summed E-state index contributed by atoms with van der Waals surface area (Å²) in [6, 6.07) is 14.1. The van der Waals surface area contributed by atoms with Gasteiger partial charge in [-0.05, 0) is 30.5 Å². The Balaban J connectivity index is 1.32. The highest BCUT2D eigenvalue weighted by Gasteiger charge is 2.28. The first kappa shape index (κ1) is 20.6. The summed E-state index contributed by atoms with van der Waals surface area (Å²) in [5.74, 6) is -0.444. The molecule has 1 aromatic heterocycles. The van der Waals surface area contributed by atoms with Crippen molar-refractivity contribution in [1.29, 1.82) is 5.41 Å². The Hall–Kier alpha value is -3.65. The average molecular weight is 419 g/mol. The Kier molecular flexibility index (Phi) is 5.73. The molecule has 1 aliphatic rings. The molecule has 160 valence electrons. The van der Waals surface area contributed by atoms with E-state index < -0.39 is 6.04 Å². The molecule has 1 aliphatic heterocycles. The topological polar surface area (TPSA) is 136 Å². The third kappa shape index (κ3) is 4.44. The quantitative estimate of drug-likeness (QED) is 0.265. The van der Waals surface area contributed by atoms with Gasteiger partial charge in [0.1, 0.15) is 11.9 Å². The number of rotatable bonds is 6. The molecule has 2 aromatic carbocycles. The van der Waals surface area contributed by atoms with Gasteiger partial charge in [0.05, 0.1) is 6.04 Å². The summed E-state index contributed by atoms with van der Waals surface area (Å²) in [5, 5.41) is 17.4. The van der Waals surface area contributed by atoms with Crippen LogP contribution in [0.2, 0.25) is 0 Å². The second-order valence-corrected chi connectivity index (χ2v) is 7.82. The molecule has 8 heteroatoms. The smallest absolute Gasteiger partial charge is 0.242 e. The zero-order valence-electron chi connectivity index (χ0n) is 17.3. The fourth-order valence-electron chi connectivity index (χ4n) is 3.85. The lowest BCUT2D eigenvalue weighted by Crippen LogP contribution is -2.53. The van der Waals surface area contributed by atoms with Crippen LogP contribution < -0.4 is 21.7 Å². The van der Waals surface area contributed by atoms with Gasteiger partial charge >= 0.3 is 0 Å². The summed E-state index contributed by atoms with van der Waals surface area (Å²) in [5.41, 5.74) is 10.3. The van der Waals surface area contributed by atoms with E-state index in [1.54, 1.807) is 19.1 Å². The van der Waals surface area contributed by atoms with E-state index in [2.05, 4.69) is 27.0 Å². The number of carbonyl (C=O) groups excluding carboxylic acids is 2. The number of nitrogens with two attached hydrogens (primary N) is 1. The van der Waals surface area contributed by atoms with Crippen LogP contribution in [0, 0.1) is 5.41 Å². The molecule has 4 rings (SSSR count). The number of aromatic nitrogens is 1. The second kappa shape index (κ2) is 8.61. The van der Waals surface area contributed by atoms with Gasteiger partial charge in [0, 0.05) is 35.2 Å². The van der Waals surface area contributed by atoms with Crippen molar-refractivity contribution in [2.45, 2.75) is 38.5 Å². The number of hydrogen-bond acceptors (Lipinski definition) is 4. The van der Waals surface area contributed by atoms with Crippen LogP contribution in [-0.2, 0) is 29.1 Å². The van der Waals surface area contributed by atoms with Gasteiger partial charge in [-0.3, -0.25) is 20.3 Å². The molecule has 0 saturated carbocycles. The number of H-pyrrole nitrogens is 1. The van der Waals surface area contributed by atoms with Crippen LogP contribution in [0.4, 0.5) is 0 Å². The maximum Gasteiger partial charge on any atom is 0.242 e. The van der Waals surface area contributed by atoms with Gasteiger partial charge in [0.2, 0.25) is 11.8 Å². The third-order valence-corrected chi connectivity index (χ3v) is 5.64. The summed E-state index contributed by atoms with van der Waals surface area (Å²) in [6.07, 6.45) is 0.571. The number of carbonyl (C=O) groups is 2. The summed E-state index contributed by atoms with van der Waals surface area (Å²) in [6.45, 7) is 2.59. The summed E-state index contributed by atoms with van der Waals surface area (Å²) >= 11 is 0. The second-order valence-electron chi connectivity index (χ2n) is 7.82. The Morgan fingerprint density at radius 1 is 1.19 bits per heavy atom. The molecule has 31 heavy (non-hydrogen) atoms. The molecule has 0 aliphatic carbocycles. The normalized spacial score (nSPS) is 16.4. The van der Waals surface area contributed by atoms with Crippen LogP contribution in [0.25, 0.3) is 10.9 Å². The minimum atomic E-state index is -0.657. The van der Waals surface area contributed by atoms with Crippen molar-refractivity contribution in [2.75, 3.05) is 0 Å². The predicted octanol–water partition coefficient (Wildman–Crippen LogP) is 1.29. The zero-order chi connectivity index (χ0) is 22.0. The highest BCUT2D eigenvalue weighted by molar-refractivity contribution is 5.95. The number of fused-ring (bicyclic) bond motifs is 3. The number of nitrogens with one attached hydrogen (secondary N) is 5. The van der Waals surface area contributed by atoms with E-state index in [9.17, 15) is 9.59 Å². The van der Waals surface area contributed by atoms with Gasteiger partial charge in [-0.2, -0.15) is 0 Å². The minimum Gasteiger partial charge on any atom is -0.384 e. The molecule has 2 heterocycles. The van der Waals surface area contributed by atoms with Crippen LogP contribution in [0.1, 0.15) is 29.3 Å². The Labute approximate surface area is 180 Å². The van der Waals surface area contributed by atoms with Crippen LogP contribution in [0.3, 0.4) is 0 Å². The maximum atomic E-state index is 12.8. The van der Waals surface area contributed by atoms with Crippen molar-refractivity contribution in [3.63, 3.8) is 0 Å². The molecule has 0 fully saturated rings. The van der Waals surface area contributed by atoms with Crippen molar-refractivity contribution in [2.24, 2.45) is 5.73 Å². The Bertz CT molecular complexity index is 1130. The minimum absolute atomic E-state index is 0.00278. The van der Waals surface area contributed by atoms with Crippen LogP contribution >= 0.6 is 0 Å². The van der Waals surface area contributed by atoms with Crippen molar-refractivity contribution < 1.29 is 9.59 Å². The maximum absolute atomic E-state index is 12.8. The van der Waals surface area contributed by atoms with Gasteiger partial charge in [0.15, 0.2) is 0 Å². The fourth-order valence-corrected chi connectivity index (χ4v) is 3.85. The molecule has 0 spiro atoms. The highest BCUT2D eigenvalue weighted by Crippen LogP contribution is 2.26. The lowest BCUT2D eigenvalue weighted by molar-refractivity contribution is -0.129. The van der Waals surface area contributed by atoms with E-state index >= 15 is 0 Å². The number of hydrogen-bond donors (Lipinski definition) is 6. The molecule has 0 bridgehead atoms. The van der Waals surface area contributed by atoms with Crippen molar-refractivity contribution in [3.8, 4) is 0 Å². The molecular weight excluding hydrogens is 392 g/mol. The number of amidine groups is 1. The predicted molar refractivity (Wildman–Crippen MR) is 120 cm³/mol. The van der Waals surface area contributed by atoms with Crippen LogP contribution in [-0.4, -0.2) is 34.7 Å². The lowest BCUT2D eigenvalue weighted by atomic mass is 9.98. The van der Waals surface area contributed by atoms with Crippen LogP contribution in [0.5, 0.6) is 0 Å². The van der Waals surface area contributed by atoms with Crippen molar-refractivity contribution >= 4 is 28.6 Å². The summed E-state index contributed by atoms with van der Waals surface area (Å²) in [7, 11) is 0. The fraction of sp³-hybridized carbons (Fsp3) is 0.261. The third-order valence-electron chi connectivity index (χ3n) is 5.64. The molecule has 2 atom stereocenters. The number of para-hydroxylation sites is 1. The van der Waals surface area contributed by atoms with Gasteiger partial charge in [-0.25, -0.2) is 0 Å². The molecule has 0 saturated heterocycles. The van der Waals surface area contributed by atoms with E-state index in [4.69, 9.17) is 11.1 Å². The SMILES string of the molecule is C[C@H](NC(=O)[C@H]1Cc2c([nH]c3ccccc23)CN1)C(=O)NCc1ccc(C(=N)N)cc1. The lowest BCUT2D eigenvalue weighted by Gasteiger charge is -2.25. The van der Waals surface area contributed by atoms with E-state index in [1.165, 1.54) is 0 Å². The van der Waals surface area contributed by atoms with Gasteiger partial charge in [-0.15, -0.1) is 0 Å². The van der Waals surface area contributed by atoms with Crippen molar-refractivity contribution in [3.05, 3.63) is 70.9 Å². The number of aromatic amines is 1. The Morgan fingerprint density at radius 3 is 2.68 bits per heavy atom. The molecule has 0 unspecified atom stereocenters. The number of amides is 2. The molecule has 7 N–H and O–H groups in total. The Morgan fingerprint density at radius 2 is 1.94 bits per heavy atom. The van der Waals surface area contributed by atoms with E-state index in [0.29, 0.717) is 25.1 Å². The summed E-state index contributed by atoms with van der Waals surface area (Å²) < 4.78 is 0. The molecule has 3 aromatic rings. The van der Waals surface area contributed by atoms with Gasteiger partial charge < -0.3 is 21.4 Å². The molecule has 0 radical (unpaired) electrons. The summed E-state index contributed by atoms with van der Waals surface area (Å²) in [4.78, 5) is 28.6. The number of nitrogen functional groups attached to an aromatic ring is 1. The molecule has 8 nitrogen and oxygen atoms in total. The first-order chi connectivity index (χ1) is 14.9. The standard InChI is InChI=1S/C23H26N6O2/c1-13(22(30)27-11-14-6-8-15(9-7-14)21(24)25)28-23(31)19-10-17-16-4-2-3-5-18(16)29-20(17)12-26-19/h2-9,13,19,26,29H,10-12H2,1H3,(H3,24,25)(H,27,30)(H,28,31)/t13-,19+/m0/s1. The van der Waals surface area contributed by atoms with E-state index in [0.717, 1.165) is 27.7 Å². The highest BCUT2D eigenvalue weighted by atomic mass is 16.2. The largest absolute Gasteiger partial charge is 0.384 e. The molecule has 2 amide bonds. The van der Waals surface area contributed by atoms with E-state index in [-0.39, 0.29) is 23.7 Å². The average Bonchev–Trinajstić information content (AvgIpc) is 3.15. The zero-order valence-corrected chi connectivity index (χ0v) is 17.3. The molecular formula is C23H26N6O2. The first-order valence-corrected chi connectivity index (χ1v) is 10.3. The van der Waals surface area contributed by atoms with Crippen molar-refractivity contribution in [1.82, 2.24) is 20.9 Å². The van der Waals surface area contributed by atoms with Crippen LogP contribution in [0.15, 0.2) is 48.5 Å². The first-order valence-electron chi connectivity index (χ1n) is 10.3. The monoisotopic (exact) mass is 418 g/mol.